The summed E-state index contributed by atoms with van der Waals surface area (Å²) in [5.41, 5.74) is 0.964. The van der Waals surface area contributed by atoms with Crippen molar-refractivity contribution in [2.45, 2.75) is 32.6 Å². The van der Waals surface area contributed by atoms with Crippen LogP contribution in [0.3, 0.4) is 0 Å². The van der Waals surface area contributed by atoms with Crippen molar-refractivity contribution in [2.24, 2.45) is 0 Å². The topological polar surface area (TPSA) is 46.2 Å². The number of hydrogen-bond donors (Lipinski definition) is 1. The average Bonchev–Trinajstić information content (AvgIpc) is 1.99. The maximum atomic E-state index is 10.9. The SMILES string of the molecule is CCCC=C1CC(=O)NC(=O)C1. The van der Waals surface area contributed by atoms with Gasteiger partial charge in [-0.15, -0.1) is 0 Å². The van der Waals surface area contributed by atoms with Gasteiger partial charge in [0.05, 0.1) is 0 Å². The standard InChI is InChI=1S/C9H13NO2/c1-2-3-4-7-5-8(11)10-9(12)6-7/h4H,2-3,5-6H2,1H3,(H,10,11,12). The first-order valence-corrected chi connectivity index (χ1v) is 4.23. The monoisotopic (exact) mass is 167 g/mol. The Hall–Kier alpha value is -1.12. The summed E-state index contributed by atoms with van der Waals surface area (Å²) in [7, 11) is 0. The van der Waals surface area contributed by atoms with Crippen LogP contribution in [0.4, 0.5) is 0 Å². The predicted octanol–water partition coefficient (Wildman–Crippen LogP) is 1.15. The Morgan fingerprint density at radius 1 is 1.33 bits per heavy atom. The van der Waals surface area contributed by atoms with Gasteiger partial charge in [0.25, 0.3) is 0 Å². The molecule has 3 nitrogen and oxygen atoms in total. The van der Waals surface area contributed by atoms with Gasteiger partial charge in [-0.05, 0) is 6.42 Å². The Morgan fingerprint density at radius 3 is 2.42 bits per heavy atom. The Kier molecular flexibility index (Phi) is 3.02. The van der Waals surface area contributed by atoms with Crippen molar-refractivity contribution in [3.63, 3.8) is 0 Å². The van der Waals surface area contributed by atoms with E-state index < -0.39 is 0 Å². The number of unbranched alkanes of at least 4 members (excludes halogenated alkanes) is 1. The summed E-state index contributed by atoms with van der Waals surface area (Å²) in [6.07, 6.45) is 4.79. The van der Waals surface area contributed by atoms with Gasteiger partial charge >= 0.3 is 0 Å². The first kappa shape index (κ1) is 8.97. The molecule has 66 valence electrons. The Bertz CT molecular complexity index is 213. The summed E-state index contributed by atoms with van der Waals surface area (Å²) in [6.45, 7) is 2.07. The number of nitrogens with one attached hydrogen (secondary N) is 1. The van der Waals surface area contributed by atoms with Crippen molar-refractivity contribution in [1.29, 1.82) is 0 Å². The van der Waals surface area contributed by atoms with Gasteiger partial charge in [0, 0.05) is 12.8 Å². The van der Waals surface area contributed by atoms with Crippen LogP contribution in [-0.4, -0.2) is 11.8 Å². The van der Waals surface area contributed by atoms with Crippen LogP contribution in [0.15, 0.2) is 11.6 Å². The van der Waals surface area contributed by atoms with Gasteiger partial charge in [0.15, 0.2) is 0 Å². The molecular formula is C9H13NO2. The van der Waals surface area contributed by atoms with Crippen LogP contribution < -0.4 is 5.32 Å². The number of carbonyl (C=O) groups is 2. The molecule has 1 heterocycles. The van der Waals surface area contributed by atoms with Gasteiger partial charge in [-0.1, -0.05) is 25.0 Å². The van der Waals surface area contributed by atoms with E-state index in [2.05, 4.69) is 12.2 Å². The molecule has 0 radical (unpaired) electrons. The van der Waals surface area contributed by atoms with E-state index in [4.69, 9.17) is 0 Å². The van der Waals surface area contributed by atoms with Crippen molar-refractivity contribution in [3.05, 3.63) is 11.6 Å². The molecule has 3 heteroatoms. The van der Waals surface area contributed by atoms with E-state index >= 15 is 0 Å². The second-order valence-electron chi connectivity index (χ2n) is 2.98. The van der Waals surface area contributed by atoms with Crippen LogP contribution >= 0.6 is 0 Å². The molecule has 0 aromatic rings. The molecule has 0 aromatic carbocycles. The number of hydrogen-bond acceptors (Lipinski definition) is 2. The molecule has 1 N–H and O–H groups in total. The fourth-order valence-electron chi connectivity index (χ4n) is 1.21. The summed E-state index contributed by atoms with van der Waals surface area (Å²) >= 11 is 0. The third-order valence-electron chi connectivity index (χ3n) is 1.78. The molecule has 0 unspecified atom stereocenters. The highest BCUT2D eigenvalue weighted by Gasteiger charge is 2.18. The Morgan fingerprint density at radius 2 is 1.92 bits per heavy atom. The minimum absolute atomic E-state index is 0.173. The predicted molar refractivity (Wildman–Crippen MR) is 45.4 cm³/mol. The third-order valence-corrected chi connectivity index (χ3v) is 1.78. The van der Waals surface area contributed by atoms with Gasteiger partial charge in [0.2, 0.25) is 11.8 Å². The second-order valence-corrected chi connectivity index (χ2v) is 2.98. The van der Waals surface area contributed by atoms with Crippen LogP contribution in [0.2, 0.25) is 0 Å². The van der Waals surface area contributed by atoms with Gasteiger partial charge in [-0.3, -0.25) is 14.9 Å². The molecule has 1 aliphatic rings. The highest BCUT2D eigenvalue weighted by Crippen LogP contribution is 2.13. The summed E-state index contributed by atoms with van der Waals surface area (Å²) in [5, 5.41) is 2.27. The molecule has 1 fully saturated rings. The molecule has 1 saturated heterocycles. The molecule has 0 atom stereocenters. The number of piperidine rings is 1. The minimum Gasteiger partial charge on any atom is -0.296 e. The zero-order valence-corrected chi connectivity index (χ0v) is 7.22. The fraction of sp³-hybridized carbons (Fsp3) is 0.556. The molecule has 1 rings (SSSR count). The van der Waals surface area contributed by atoms with Gasteiger partial charge in [-0.2, -0.15) is 0 Å². The molecule has 12 heavy (non-hydrogen) atoms. The van der Waals surface area contributed by atoms with Crippen LogP contribution in [0, 0.1) is 0 Å². The molecule has 1 aliphatic heterocycles. The number of carbonyl (C=O) groups excluding carboxylic acids is 2. The van der Waals surface area contributed by atoms with E-state index in [0.717, 1.165) is 18.4 Å². The first-order valence-electron chi connectivity index (χ1n) is 4.23. The normalized spacial score (nSPS) is 17.6. The molecule has 0 bridgehead atoms. The minimum atomic E-state index is -0.173. The van der Waals surface area contributed by atoms with Crippen molar-refractivity contribution in [3.8, 4) is 0 Å². The largest absolute Gasteiger partial charge is 0.296 e. The second kappa shape index (κ2) is 4.04. The quantitative estimate of drug-likeness (QED) is 0.495. The number of imide groups is 1. The van der Waals surface area contributed by atoms with E-state index in [0.29, 0.717) is 12.8 Å². The van der Waals surface area contributed by atoms with E-state index in [9.17, 15) is 9.59 Å². The van der Waals surface area contributed by atoms with Crippen molar-refractivity contribution in [1.82, 2.24) is 5.32 Å². The highest BCUT2D eigenvalue weighted by atomic mass is 16.2. The lowest BCUT2D eigenvalue weighted by Gasteiger charge is -2.13. The van der Waals surface area contributed by atoms with Crippen LogP contribution in [0.1, 0.15) is 32.6 Å². The van der Waals surface area contributed by atoms with E-state index in [1.165, 1.54) is 0 Å². The van der Waals surface area contributed by atoms with Gasteiger partial charge in [0.1, 0.15) is 0 Å². The first-order chi connectivity index (χ1) is 5.72. The summed E-state index contributed by atoms with van der Waals surface area (Å²) < 4.78 is 0. The Labute approximate surface area is 71.8 Å². The van der Waals surface area contributed by atoms with Crippen molar-refractivity contribution in [2.75, 3.05) is 0 Å². The maximum absolute atomic E-state index is 10.9. The van der Waals surface area contributed by atoms with E-state index in [1.807, 2.05) is 6.08 Å². The lowest BCUT2D eigenvalue weighted by atomic mass is 10.0. The molecule has 0 saturated carbocycles. The Balaban J connectivity index is 2.55. The van der Waals surface area contributed by atoms with Crippen molar-refractivity contribution >= 4 is 11.8 Å². The van der Waals surface area contributed by atoms with Gasteiger partial charge < -0.3 is 0 Å². The summed E-state index contributed by atoms with van der Waals surface area (Å²) in [5.74, 6) is -0.345. The maximum Gasteiger partial charge on any atom is 0.230 e. The van der Waals surface area contributed by atoms with Crippen LogP contribution in [-0.2, 0) is 9.59 Å². The fourth-order valence-corrected chi connectivity index (χ4v) is 1.21. The lowest BCUT2D eigenvalue weighted by molar-refractivity contribution is -0.131. The zero-order chi connectivity index (χ0) is 8.97. The van der Waals surface area contributed by atoms with E-state index in [-0.39, 0.29) is 11.8 Å². The molecule has 2 amide bonds. The average molecular weight is 167 g/mol. The van der Waals surface area contributed by atoms with E-state index in [1.54, 1.807) is 0 Å². The van der Waals surface area contributed by atoms with Crippen LogP contribution in [0.5, 0.6) is 0 Å². The smallest absolute Gasteiger partial charge is 0.230 e. The van der Waals surface area contributed by atoms with Crippen LogP contribution in [0.25, 0.3) is 0 Å². The number of rotatable bonds is 2. The third kappa shape index (κ3) is 2.49. The summed E-state index contributed by atoms with van der Waals surface area (Å²) in [4.78, 5) is 21.7. The molecular weight excluding hydrogens is 154 g/mol. The molecule has 0 spiro atoms. The summed E-state index contributed by atoms with van der Waals surface area (Å²) in [6, 6.07) is 0. The number of allylic oxidation sites excluding steroid dienone is 1. The lowest BCUT2D eigenvalue weighted by Crippen LogP contribution is -2.35. The number of amides is 2. The van der Waals surface area contributed by atoms with Crippen molar-refractivity contribution < 1.29 is 9.59 Å². The van der Waals surface area contributed by atoms with Gasteiger partial charge in [-0.25, -0.2) is 0 Å². The molecule has 0 aliphatic carbocycles. The molecule has 0 aromatic heterocycles. The zero-order valence-electron chi connectivity index (χ0n) is 7.22. The highest BCUT2D eigenvalue weighted by molar-refractivity contribution is 6.00.